The molecule has 0 saturated carbocycles. The number of nitrogens with one attached hydrogen (secondary N) is 2. The lowest BCUT2D eigenvalue weighted by atomic mass is 9.81. The number of benzene rings is 2. The van der Waals surface area contributed by atoms with Crippen molar-refractivity contribution < 1.29 is 28.6 Å². The molecule has 2 aliphatic heterocycles. The van der Waals surface area contributed by atoms with E-state index in [0.717, 1.165) is 6.29 Å². The highest BCUT2D eigenvalue weighted by molar-refractivity contribution is 6.14. The Balaban J connectivity index is 1.53. The van der Waals surface area contributed by atoms with Crippen LogP contribution in [-0.2, 0) is 33.0 Å². The number of hydrogen-bond donors (Lipinski definition) is 3. The Kier molecular flexibility index (Phi) is 8.26. The first-order valence-corrected chi connectivity index (χ1v) is 12.2. The lowest BCUT2D eigenvalue weighted by molar-refractivity contribution is -0.125. The van der Waals surface area contributed by atoms with Crippen molar-refractivity contribution in [3.8, 4) is 0 Å². The molecule has 0 bridgehead atoms. The first kappa shape index (κ1) is 26.8. The number of nitrogens with zero attached hydrogens (tertiary/aromatic N) is 2. The van der Waals surface area contributed by atoms with Crippen LogP contribution in [0.4, 0.5) is 10.1 Å². The van der Waals surface area contributed by atoms with Gasteiger partial charge >= 0.3 is 0 Å². The second-order valence-corrected chi connectivity index (χ2v) is 9.12. The van der Waals surface area contributed by atoms with Gasteiger partial charge in [0, 0.05) is 62.0 Å². The summed E-state index contributed by atoms with van der Waals surface area (Å²) in [5, 5.41) is 16.7. The van der Waals surface area contributed by atoms with Crippen LogP contribution >= 0.6 is 0 Å². The van der Waals surface area contributed by atoms with E-state index in [1.807, 2.05) is 0 Å². The van der Waals surface area contributed by atoms with Gasteiger partial charge in [-0.05, 0) is 36.2 Å². The molecule has 1 fully saturated rings. The number of likely N-dealkylation sites (N-methyl/N-ethyl adjacent to an activating group) is 1. The number of ether oxygens (including phenoxy) is 1. The summed E-state index contributed by atoms with van der Waals surface area (Å²) < 4.78 is 20.0. The number of aliphatic hydroxyl groups is 1. The van der Waals surface area contributed by atoms with E-state index in [-0.39, 0.29) is 37.7 Å². The van der Waals surface area contributed by atoms with Gasteiger partial charge in [-0.1, -0.05) is 12.1 Å². The largest absolute Gasteiger partial charge is 0.381 e. The summed E-state index contributed by atoms with van der Waals surface area (Å²) in [6.07, 6.45) is 1.09. The van der Waals surface area contributed by atoms with Crippen molar-refractivity contribution in [2.45, 2.75) is 37.6 Å². The van der Waals surface area contributed by atoms with Crippen molar-refractivity contribution in [3.05, 3.63) is 64.5 Å². The quantitative estimate of drug-likeness (QED) is 0.326. The standard InChI is InChI=1S/C26H30BFN4O5/c1-29-24(34)23(6-3-11-33)32-16-20-19(25(32)35)4-2-5-22(20)30-15-17-14-18(7-8-21(17)28)26(27,36)31-9-12-37-13-10-31/h2,4-5,7-8,11,14,23,30,36H,3,6,9-10,12-13,15-16H2,1H3,(H,29,34). The van der Waals surface area contributed by atoms with Gasteiger partial charge < -0.3 is 30.2 Å². The Hall–Kier alpha value is -3.28. The second-order valence-electron chi connectivity index (χ2n) is 9.12. The minimum atomic E-state index is -1.77. The molecular weight excluding hydrogens is 478 g/mol. The van der Waals surface area contributed by atoms with Crippen LogP contribution in [0.1, 0.15) is 39.9 Å². The molecule has 4 rings (SSSR count). The molecule has 0 aromatic heterocycles. The topological polar surface area (TPSA) is 111 Å². The van der Waals surface area contributed by atoms with Gasteiger partial charge in [-0.3, -0.25) is 14.5 Å². The number of morpholine rings is 1. The van der Waals surface area contributed by atoms with Crippen molar-refractivity contribution in [1.29, 1.82) is 0 Å². The summed E-state index contributed by atoms with van der Waals surface area (Å²) in [7, 11) is 7.71. The molecule has 11 heteroatoms. The van der Waals surface area contributed by atoms with E-state index in [0.29, 0.717) is 54.2 Å². The first-order chi connectivity index (χ1) is 17.8. The van der Waals surface area contributed by atoms with Gasteiger partial charge in [0.2, 0.25) is 5.91 Å². The van der Waals surface area contributed by atoms with E-state index < -0.39 is 17.5 Å². The van der Waals surface area contributed by atoms with E-state index in [9.17, 15) is 23.9 Å². The van der Waals surface area contributed by atoms with E-state index in [2.05, 4.69) is 10.6 Å². The molecule has 3 N–H and O–H groups in total. The smallest absolute Gasteiger partial charge is 0.255 e. The SMILES string of the molecule is [B]C(O)(c1ccc(F)c(CNc2cccc3c2CN(C(CCC=O)C(=O)NC)C3=O)c1)N1CCOCC1. The minimum Gasteiger partial charge on any atom is -0.381 e. The number of carbonyl (C=O) groups is 3. The monoisotopic (exact) mass is 508 g/mol. The third kappa shape index (κ3) is 5.53. The zero-order chi connectivity index (χ0) is 26.6. The molecule has 1 saturated heterocycles. The number of hydrogen-bond acceptors (Lipinski definition) is 7. The van der Waals surface area contributed by atoms with Crippen molar-refractivity contribution in [3.63, 3.8) is 0 Å². The predicted molar refractivity (Wildman–Crippen MR) is 135 cm³/mol. The zero-order valence-corrected chi connectivity index (χ0v) is 20.7. The van der Waals surface area contributed by atoms with Gasteiger partial charge in [-0.2, -0.15) is 0 Å². The molecule has 2 unspecified atom stereocenters. The molecule has 2 heterocycles. The molecule has 2 aromatic rings. The van der Waals surface area contributed by atoms with E-state index in [1.165, 1.54) is 30.1 Å². The van der Waals surface area contributed by atoms with Crippen molar-refractivity contribution >= 4 is 31.6 Å². The van der Waals surface area contributed by atoms with Crippen LogP contribution in [0.15, 0.2) is 36.4 Å². The van der Waals surface area contributed by atoms with Crippen LogP contribution in [0.25, 0.3) is 0 Å². The number of halogens is 1. The number of aldehydes is 1. The average Bonchev–Trinajstić information content (AvgIpc) is 3.25. The predicted octanol–water partition coefficient (Wildman–Crippen LogP) is 1.09. The van der Waals surface area contributed by atoms with Crippen LogP contribution in [0.2, 0.25) is 0 Å². The molecule has 37 heavy (non-hydrogen) atoms. The number of anilines is 1. The number of rotatable bonds is 10. The summed E-state index contributed by atoms with van der Waals surface area (Å²) in [6.45, 7) is 2.04. The van der Waals surface area contributed by atoms with Crippen LogP contribution < -0.4 is 10.6 Å². The maximum atomic E-state index is 14.7. The summed E-state index contributed by atoms with van der Waals surface area (Å²) in [4.78, 5) is 39.6. The first-order valence-electron chi connectivity index (χ1n) is 12.2. The maximum Gasteiger partial charge on any atom is 0.255 e. The average molecular weight is 508 g/mol. The highest BCUT2D eigenvalue weighted by atomic mass is 19.1. The Morgan fingerprint density at radius 3 is 2.76 bits per heavy atom. The van der Waals surface area contributed by atoms with Crippen molar-refractivity contribution in [2.24, 2.45) is 0 Å². The lowest BCUT2D eigenvalue weighted by Gasteiger charge is -2.40. The Morgan fingerprint density at radius 2 is 2.05 bits per heavy atom. The lowest BCUT2D eigenvalue weighted by Crippen LogP contribution is -2.51. The van der Waals surface area contributed by atoms with Gasteiger partial charge in [0.25, 0.3) is 5.91 Å². The number of amides is 2. The summed E-state index contributed by atoms with van der Waals surface area (Å²) in [5.74, 6) is -1.11. The Bertz CT molecular complexity index is 1170. The molecular formula is C26H30BFN4O5. The minimum absolute atomic E-state index is 0.0769. The zero-order valence-electron chi connectivity index (χ0n) is 20.7. The molecule has 2 aromatic carbocycles. The van der Waals surface area contributed by atoms with Crippen LogP contribution in [-0.4, -0.2) is 80.2 Å². The summed E-state index contributed by atoms with van der Waals surface area (Å²) >= 11 is 0. The van der Waals surface area contributed by atoms with Gasteiger partial charge in [0.1, 0.15) is 26.0 Å². The normalized spacial score (nSPS) is 18.1. The third-order valence-corrected chi connectivity index (χ3v) is 6.91. The highest BCUT2D eigenvalue weighted by Gasteiger charge is 2.37. The second kappa shape index (κ2) is 11.4. The van der Waals surface area contributed by atoms with Gasteiger partial charge in [0.05, 0.1) is 18.8 Å². The molecule has 2 atom stereocenters. The molecule has 0 aliphatic carbocycles. The molecule has 0 spiro atoms. The number of carbonyl (C=O) groups excluding carboxylic acids is 3. The van der Waals surface area contributed by atoms with Crippen molar-refractivity contribution in [1.82, 2.24) is 15.1 Å². The molecule has 2 aliphatic rings. The molecule has 9 nitrogen and oxygen atoms in total. The molecule has 2 amide bonds. The third-order valence-electron chi connectivity index (χ3n) is 6.91. The van der Waals surface area contributed by atoms with Crippen molar-refractivity contribution in [2.75, 3.05) is 38.7 Å². The molecule has 194 valence electrons. The van der Waals surface area contributed by atoms with E-state index >= 15 is 0 Å². The van der Waals surface area contributed by atoms with Crippen LogP contribution in [0, 0.1) is 5.82 Å². The maximum absolute atomic E-state index is 14.7. The Morgan fingerprint density at radius 1 is 1.30 bits per heavy atom. The summed E-state index contributed by atoms with van der Waals surface area (Å²) in [5.41, 5.74) is 0.637. The summed E-state index contributed by atoms with van der Waals surface area (Å²) in [6, 6.07) is 8.66. The highest BCUT2D eigenvalue weighted by Crippen LogP contribution is 2.32. The van der Waals surface area contributed by atoms with Crippen LogP contribution in [0.5, 0.6) is 0 Å². The molecule has 2 radical (unpaired) electrons. The fourth-order valence-corrected chi connectivity index (χ4v) is 4.81. The van der Waals surface area contributed by atoms with E-state index in [1.54, 1.807) is 23.1 Å². The van der Waals surface area contributed by atoms with Gasteiger partial charge in [-0.15, -0.1) is 0 Å². The van der Waals surface area contributed by atoms with Gasteiger partial charge in [-0.25, -0.2) is 4.39 Å². The Labute approximate surface area is 216 Å². The fraction of sp³-hybridized carbons (Fsp3) is 0.423. The van der Waals surface area contributed by atoms with Gasteiger partial charge in [0.15, 0.2) is 0 Å². The fourth-order valence-electron chi connectivity index (χ4n) is 4.81. The van der Waals surface area contributed by atoms with E-state index in [4.69, 9.17) is 12.6 Å². The van der Waals surface area contributed by atoms with Crippen LogP contribution in [0.3, 0.4) is 0 Å². The number of fused-ring (bicyclic) bond motifs is 1.